The van der Waals surface area contributed by atoms with E-state index < -0.39 is 36.0 Å². The van der Waals surface area contributed by atoms with Crippen molar-refractivity contribution in [1.82, 2.24) is 5.32 Å². The van der Waals surface area contributed by atoms with Crippen LogP contribution in [-0.4, -0.2) is 53.1 Å². The van der Waals surface area contributed by atoms with Crippen molar-refractivity contribution in [1.29, 1.82) is 0 Å². The van der Waals surface area contributed by atoms with Crippen LogP contribution in [0, 0.1) is 0 Å². The van der Waals surface area contributed by atoms with Crippen LogP contribution in [0.4, 0.5) is 0 Å². The summed E-state index contributed by atoms with van der Waals surface area (Å²) < 4.78 is 22.3. The first-order valence-corrected chi connectivity index (χ1v) is 8.08. The largest absolute Gasteiger partial charge is 0.504 e. The Kier molecular flexibility index (Phi) is 2.80. The number of benzene rings is 1. The lowest BCUT2D eigenvalue weighted by Gasteiger charge is -2.38. The second-order valence-electron chi connectivity index (χ2n) is 7.01. The number of hydrogen-bond acceptors (Lipinski definition) is 7. The van der Waals surface area contributed by atoms with Crippen LogP contribution < -0.4 is 14.8 Å². The average molecular weight is 347 g/mol. The first-order valence-electron chi connectivity index (χ1n) is 8.08. The highest BCUT2D eigenvalue weighted by molar-refractivity contribution is 6.07. The molecule has 0 aromatic heterocycles. The van der Waals surface area contributed by atoms with Gasteiger partial charge in [0, 0.05) is 5.56 Å². The molecule has 1 fully saturated rings. The van der Waals surface area contributed by atoms with Crippen molar-refractivity contribution < 1.29 is 34.0 Å². The van der Waals surface area contributed by atoms with Crippen LogP contribution >= 0.6 is 0 Å². The van der Waals surface area contributed by atoms with Gasteiger partial charge in [-0.25, -0.2) is 0 Å². The highest BCUT2D eigenvalue weighted by Crippen LogP contribution is 2.50. The number of phenols is 1. The topological polar surface area (TPSA) is 106 Å². The van der Waals surface area contributed by atoms with Crippen LogP contribution in [0.3, 0.4) is 0 Å². The van der Waals surface area contributed by atoms with Gasteiger partial charge < -0.3 is 34.5 Å². The van der Waals surface area contributed by atoms with E-state index in [0.717, 1.165) is 0 Å². The molecule has 1 aromatic rings. The zero-order valence-corrected chi connectivity index (χ0v) is 13.6. The standard InChI is InChI=1S/C17H17NO7/c1-17(2)24-13-8(19)3-7-6-4-9-14(23-5-22-9)12(20)10(6)16(21)18-11(7)15(13)25-17/h3-4,8,11,13,15,19-20H,5H2,1-2H3,(H,18,21)/t8-,11-,13-,15+/m1/s1. The molecule has 132 valence electrons. The minimum absolute atomic E-state index is 0.0195. The van der Waals surface area contributed by atoms with Crippen molar-refractivity contribution >= 4 is 11.5 Å². The number of hydrogen-bond donors (Lipinski definition) is 3. The van der Waals surface area contributed by atoms with Gasteiger partial charge in [0.05, 0.1) is 11.6 Å². The van der Waals surface area contributed by atoms with Gasteiger partial charge in [-0.15, -0.1) is 0 Å². The second kappa shape index (κ2) is 4.66. The minimum atomic E-state index is -0.895. The molecular weight excluding hydrogens is 330 g/mol. The lowest BCUT2D eigenvalue weighted by atomic mass is 9.79. The van der Waals surface area contributed by atoms with Crippen LogP contribution in [-0.2, 0) is 9.47 Å². The summed E-state index contributed by atoms with van der Waals surface area (Å²) >= 11 is 0. The summed E-state index contributed by atoms with van der Waals surface area (Å²) in [5, 5.41) is 23.8. The summed E-state index contributed by atoms with van der Waals surface area (Å²) in [4.78, 5) is 12.6. The Morgan fingerprint density at radius 2 is 2.00 bits per heavy atom. The Balaban J connectivity index is 1.68. The maximum absolute atomic E-state index is 12.6. The predicted octanol–water partition coefficient (Wildman–Crippen LogP) is 0.511. The first-order chi connectivity index (χ1) is 11.9. The normalized spacial score (nSPS) is 33.9. The third-order valence-electron chi connectivity index (χ3n) is 4.98. The monoisotopic (exact) mass is 347 g/mol. The molecule has 0 unspecified atom stereocenters. The van der Waals surface area contributed by atoms with E-state index in [0.29, 0.717) is 16.9 Å². The molecule has 1 aromatic carbocycles. The lowest BCUT2D eigenvalue weighted by Crippen LogP contribution is -2.56. The fraction of sp³-hybridized carbons (Fsp3) is 0.471. The van der Waals surface area contributed by atoms with Gasteiger partial charge in [0.1, 0.15) is 18.3 Å². The van der Waals surface area contributed by atoms with Crippen LogP contribution in [0.1, 0.15) is 29.8 Å². The molecule has 8 heteroatoms. The van der Waals surface area contributed by atoms with Crippen molar-refractivity contribution in [2.75, 3.05) is 6.79 Å². The molecule has 0 saturated carbocycles. The van der Waals surface area contributed by atoms with Crippen molar-refractivity contribution in [2.45, 2.75) is 44.0 Å². The van der Waals surface area contributed by atoms with E-state index in [-0.39, 0.29) is 23.9 Å². The molecule has 0 radical (unpaired) electrons. The van der Waals surface area contributed by atoms with Gasteiger partial charge in [-0.3, -0.25) is 4.79 Å². The Bertz CT molecular complexity index is 831. The fourth-order valence-electron chi connectivity index (χ4n) is 4.01. The highest BCUT2D eigenvalue weighted by Gasteiger charge is 2.53. The number of fused-ring (bicyclic) bond motifs is 6. The predicted molar refractivity (Wildman–Crippen MR) is 83.3 cm³/mol. The molecule has 3 heterocycles. The van der Waals surface area contributed by atoms with Gasteiger partial charge in [-0.2, -0.15) is 0 Å². The molecule has 1 amide bonds. The fourth-order valence-corrected chi connectivity index (χ4v) is 4.01. The minimum Gasteiger partial charge on any atom is -0.504 e. The number of carbonyl (C=O) groups is 1. The number of carbonyl (C=O) groups excluding carboxylic acids is 1. The van der Waals surface area contributed by atoms with Crippen molar-refractivity contribution in [3.63, 3.8) is 0 Å². The molecule has 25 heavy (non-hydrogen) atoms. The quantitative estimate of drug-likeness (QED) is 0.628. The summed E-state index contributed by atoms with van der Waals surface area (Å²) in [5.74, 6) is -1.03. The molecule has 4 aliphatic rings. The first kappa shape index (κ1) is 15.0. The van der Waals surface area contributed by atoms with Crippen LogP contribution in [0.2, 0.25) is 0 Å². The molecule has 1 saturated heterocycles. The SMILES string of the molecule is CC1(C)O[C@@H]2[C@H](O1)[C@H](O)C=C1c3cc4c(c(O)c3C(=O)N[C@H]12)OCO4. The number of nitrogens with one attached hydrogen (secondary N) is 1. The van der Waals surface area contributed by atoms with Crippen LogP contribution in [0.25, 0.3) is 5.57 Å². The zero-order chi connectivity index (χ0) is 17.5. The smallest absolute Gasteiger partial charge is 0.256 e. The van der Waals surface area contributed by atoms with Gasteiger partial charge in [-0.1, -0.05) is 0 Å². The van der Waals surface area contributed by atoms with Crippen LogP contribution in [0.5, 0.6) is 17.2 Å². The Morgan fingerprint density at radius 1 is 1.24 bits per heavy atom. The molecule has 8 nitrogen and oxygen atoms in total. The highest BCUT2D eigenvalue weighted by atomic mass is 16.8. The number of aromatic hydroxyl groups is 1. The maximum atomic E-state index is 12.6. The average Bonchev–Trinajstić information content (AvgIpc) is 3.12. The molecular formula is C17H17NO7. The molecule has 3 N–H and O–H groups in total. The van der Waals surface area contributed by atoms with Crippen LogP contribution in [0.15, 0.2) is 12.1 Å². The molecule has 1 aliphatic carbocycles. The summed E-state index contributed by atoms with van der Waals surface area (Å²) in [6, 6.07) is 1.16. The third-order valence-corrected chi connectivity index (χ3v) is 4.98. The van der Waals surface area contributed by atoms with E-state index in [4.69, 9.17) is 18.9 Å². The third kappa shape index (κ3) is 1.95. The van der Waals surface area contributed by atoms with E-state index >= 15 is 0 Å². The molecule has 3 aliphatic heterocycles. The zero-order valence-electron chi connectivity index (χ0n) is 13.6. The van der Waals surface area contributed by atoms with Gasteiger partial charge in [0.25, 0.3) is 5.91 Å². The summed E-state index contributed by atoms with van der Waals surface area (Å²) in [6.07, 6.45) is -0.368. The number of phenolic OH excluding ortho intramolecular Hbond substituents is 1. The van der Waals surface area contributed by atoms with Gasteiger partial charge in [-0.05, 0) is 31.6 Å². The number of ether oxygens (including phenoxy) is 4. The maximum Gasteiger partial charge on any atom is 0.256 e. The molecule has 0 bridgehead atoms. The van der Waals surface area contributed by atoms with Gasteiger partial charge in [0.2, 0.25) is 12.5 Å². The van der Waals surface area contributed by atoms with Crippen molar-refractivity contribution in [3.8, 4) is 17.2 Å². The Morgan fingerprint density at radius 3 is 2.80 bits per heavy atom. The van der Waals surface area contributed by atoms with Crippen molar-refractivity contribution in [3.05, 3.63) is 23.3 Å². The molecule has 5 rings (SSSR count). The summed E-state index contributed by atoms with van der Waals surface area (Å²) in [6.45, 7) is 3.51. The van der Waals surface area contributed by atoms with E-state index in [1.807, 2.05) is 0 Å². The summed E-state index contributed by atoms with van der Waals surface area (Å²) in [7, 11) is 0. The summed E-state index contributed by atoms with van der Waals surface area (Å²) in [5.41, 5.74) is 1.27. The number of rotatable bonds is 0. The number of amides is 1. The molecule has 0 spiro atoms. The Labute approximate surface area is 142 Å². The van der Waals surface area contributed by atoms with Crippen molar-refractivity contribution in [2.24, 2.45) is 0 Å². The van der Waals surface area contributed by atoms with Gasteiger partial charge >= 0.3 is 0 Å². The van der Waals surface area contributed by atoms with E-state index in [2.05, 4.69) is 5.32 Å². The van der Waals surface area contributed by atoms with E-state index in [9.17, 15) is 15.0 Å². The lowest BCUT2D eigenvalue weighted by molar-refractivity contribution is -0.152. The molecule has 4 atom stereocenters. The van der Waals surface area contributed by atoms with E-state index in [1.54, 1.807) is 26.0 Å². The number of aliphatic hydroxyl groups excluding tert-OH is 1. The number of aliphatic hydroxyl groups is 1. The van der Waals surface area contributed by atoms with Gasteiger partial charge in [0.15, 0.2) is 17.3 Å². The van der Waals surface area contributed by atoms with E-state index in [1.165, 1.54) is 0 Å². The Hall–Kier alpha value is -2.29. The second-order valence-corrected chi connectivity index (χ2v) is 7.01.